The molecule has 10 heteroatoms. The van der Waals surface area contributed by atoms with Gasteiger partial charge in [0.2, 0.25) is 0 Å². The van der Waals surface area contributed by atoms with Crippen LogP contribution in [0, 0.1) is 15.9 Å². The van der Waals surface area contributed by atoms with E-state index in [1.54, 1.807) is 30.3 Å². The van der Waals surface area contributed by atoms with Gasteiger partial charge >= 0.3 is 0 Å². The van der Waals surface area contributed by atoms with E-state index in [4.69, 9.17) is 23.2 Å². The number of halogens is 3. The molecule has 1 N–H and O–H groups in total. The Labute approximate surface area is 195 Å². The Morgan fingerprint density at radius 2 is 1.66 bits per heavy atom. The highest BCUT2D eigenvalue weighted by molar-refractivity contribution is 7.19. The third-order valence-corrected chi connectivity index (χ3v) is 6.05. The summed E-state index contributed by atoms with van der Waals surface area (Å²) in [5, 5.41) is 14.6. The van der Waals surface area contributed by atoms with Gasteiger partial charge in [0.25, 0.3) is 11.6 Å². The van der Waals surface area contributed by atoms with Crippen LogP contribution in [0.15, 0.2) is 66.7 Å². The van der Waals surface area contributed by atoms with Crippen LogP contribution in [0.5, 0.6) is 0 Å². The summed E-state index contributed by atoms with van der Waals surface area (Å²) in [5.74, 6) is -0.868. The molecule has 4 aromatic rings. The molecule has 0 aliphatic heterocycles. The van der Waals surface area contributed by atoms with Gasteiger partial charge in [-0.05, 0) is 60.2 Å². The van der Waals surface area contributed by atoms with Crippen LogP contribution in [-0.4, -0.2) is 15.8 Å². The van der Waals surface area contributed by atoms with Crippen molar-refractivity contribution in [1.29, 1.82) is 0 Å². The van der Waals surface area contributed by atoms with Crippen molar-refractivity contribution in [3.8, 4) is 21.7 Å². The Bertz CT molecular complexity index is 1330. The molecule has 0 atom stereocenters. The SMILES string of the molecule is O=C(Nc1nc(-c2ccc(F)cc2)c(-c2ccc([N+](=O)[O-])cc2)s1)c1ccc(Cl)cc1Cl. The lowest BCUT2D eigenvalue weighted by molar-refractivity contribution is -0.384. The van der Waals surface area contributed by atoms with Gasteiger partial charge in [-0.3, -0.25) is 20.2 Å². The highest BCUT2D eigenvalue weighted by atomic mass is 35.5. The van der Waals surface area contributed by atoms with Crippen molar-refractivity contribution in [1.82, 2.24) is 4.98 Å². The molecule has 1 amide bonds. The molecule has 0 radical (unpaired) electrons. The Morgan fingerprint density at radius 3 is 2.28 bits per heavy atom. The van der Waals surface area contributed by atoms with Gasteiger partial charge in [0.15, 0.2) is 5.13 Å². The summed E-state index contributed by atoms with van der Waals surface area (Å²) in [7, 11) is 0. The number of carbonyl (C=O) groups is 1. The van der Waals surface area contributed by atoms with Gasteiger partial charge in [-0.1, -0.05) is 34.5 Å². The lowest BCUT2D eigenvalue weighted by atomic mass is 10.1. The average Bonchev–Trinajstić information content (AvgIpc) is 3.17. The van der Waals surface area contributed by atoms with Gasteiger partial charge in [0.1, 0.15) is 5.82 Å². The Kier molecular flexibility index (Phi) is 6.18. The van der Waals surface area contributed by atoms with Gasteiger partial charge in [-0.2, -0.15) is 0 Å². The molecule has 0 saturated carbocycles. The summed E-state index contributed by atoms with van der Waals surface area (Å²) >= 11 is 13.2. The molecule has 160 valence electrons. The minimum atomic E-state index is -0.487. The number of non-ortho nitro benzene ring substituents is 1. The third kappa shape index (κ3) is 4.62. The number of nitro groups is 1. The standard InChI is InChI=1S/C22H12Cl2FN3O3S/c23-14-5-10-17(18(24)11-14)21(29)27-22-26-19(12-1-6-15(25)7-2-12)20(32-22)13-3-8-16(9-4-13)28(30)31/h1-11H,(H,26,27,29). The second kappa shape index (κ2) is 9.04. The van der Waals surface area contributed by atoms with Crippen molar-refractivity contribution < 1.29 is 14.1 Å². The molecule has 0 saturated heterocycles. The zero-order valence-electron chi connectivity index (χ0n) is 16.0. The number of carbonyl (C=O) groups excluding carboxylic acids is 1. The number of hydrogen-bond acceptors (Lipinski definition) is 5. The third-order valence-electron chi connectivity index (χ3n) is 4.48. The Balaban J connectivity index is 1.74. The number of nitro benzene ring substituents is 1. The van der Waals surface area contributed by atoms with Crippen molar-refractivity contribution >= 4 is 51.3 Å². The van der Waals surface area contributed by atoms with Crippen LogP contribution in [0.2, 0.25) is 10.0 Å². The van der Waals surface area contributed by atoms with Crippen molar-refractivity contribution in [3.63, 3.8) is 0 Å². The molecule has 32 heavy (non-hydrogen) atoms. The number of aromatic nitrogens is 1. The van der Waals surface area contributed by atoms with Crippen molar-refractivity contribution in [2.24, 2.45) is 0 Å². The summed E-state index contributed by atoms with van der Waals surface area (Å²) in [6, 6.07) is 16.2. The summed E-state index contributed by atoms with van der Waals surface area (Å²) in [5.41, 5.74) is 1.97. The largest absolute Gasteiger partial charge is 0.298 e. The maximum absolute atomic E-state index is 13.4. The highest BCUT2D eigenvalue weighted by Crippen LogP contribution is 2.40. The number of nitrogens with one attached hydrogen (secondary N) is 1. The maximum Gasteiger partial charge on any atom is 0.269 e. The average molecular weight is 488 g/mol. The van der Waals surface area contributed by atoms with E-state index in [-0.39, 0.29) is 21.4 Å². The van der Waals surface area contributed by atoms with Crippen molar-refractivity contribution in [2.45, 2.75) is 0 Å². The molecule has 0 unspecified atom stereocenters. The van der Waals surface area contributed by atoms with Gasteiger partial charge < -0.3 is 0 Å². The normalized spacial score (nSPS) is 10.7. The fourth-order valence-corrected chi connectivity index (χ4v) is 4.43. The first-order chi connectivity index (χ1) is 15.3. The topological polar surface area (TPSA) is 85.1 Å². The number of amides is 1. The van der Waals surface area contributed by atoms with E-state index in [1.165, 1.54) is 47.7 Å². The van der Waals surface area contributed by atoms with Crippen LogP contribution in [-0.2, 0) is 0 Å². The van der Waals surface area contributed by atoms with Crippen molar-refractivity contribution in [2.75, 3.05) is 5.32 Å². The van der Waals surface area contributed by atoms with Crippen LogP contribution in [0.4, 0.5) is 15.2 Å². The molecule has 6 nitrogen and oxygen atoms in total. The molecule has 4 rings (SSSR count). The predicted molar refractivity (Wildman–Crippen MR) is 124 cm³/mol. The van der Waals surface area contributed by atoms with Gasteiger partial charge in [-0.15, -0.1) is 0 Å². The zero-order chi connectivity index (χ0) is 22.8. The number of nitrogens with zero attached hydrogens (tertiary/aromatic N) is 2. The second-order valence-electron chi connectivity index (χ2n) is 6.59. The summed E-state index contributed by atoms with van der Waals surface area (Å²) in [6.07, 6.45) is 0. The number of thiazole rings is 1. The summed E-state index contributed by atoms with van der Waals surface area (Å²) in [4.78, 5) is 28.4. The number of rotatable bonds is 5. The predicted octanol–water partition coefficient (Wildman–Crippen LogP) is 7.08. The van der Waals surface area contributed by atoms with Gasteiger partial charge in [0, 0.05) is 22.7 Å². The molecule has 1 aromatic heterocycles. The minimum Gasteiger partial charge on any atom is -0.298 e. The second-order valence-corrected chi connectivity index (χ2v) is 8.43. The molecular formula is C22H12Cl2FN3O3S. The quantitative estimate of drug-likeness (QED) is 0.240. The van der Waals surface area contributed by atoms with Crippen LogP contribution in [0.1, 0.15) is 10.4 Å². The number of anilines is 1. The first kappa shape index (κ1) is 21.9. The van der Waals surface area contributed by atoms with E-state index in [0.717, 1.165) is 0 Å². The van der Waals surface area contributed by atoms with E-state index in [2.05, 4.69) is 10.3 Å². The van der Waals surface area contributed by atoms with Gasteiger partial charge in [0.05, 0.1) is 26.1 Å². The molecule has 0 aliphatic rings. The smallest absolute Gasteiger partial charge is 0.269 e. The Morgan fingerprint density at radius 1 is 1.00 bits per heavy atom. The molecule has 0 spiro atoms. The number of benzene rings is 3. The molecular weight excluding hydrogens is 476 g/mol. The van der Waals surface area contributed by atoms with Crippen LogP contribution in [0.3, 0.4) is 0 Å². The fourth-order valence-electron chi connectivity index (χ4n) is 2.95. The van der Waals surface area contributed by atoms with Gasteiger partial charge in [-0.25, -0.2) is 9.37 Å². The van der Waals surface area contributed by atoms with E-state index in [9.17, 15) is 19.3 Å². The van der Waals surface area contributed by atoms with E-state index < -0.39 is 16.6 Å². The lowest BCUT2D eigenvalue weighted by Gasteiger charge is -2.04. The fraction of sp³-hybridized carbons (Fsp3) is 0. The maximum atomic E-state index is 13.4. The minimum absolute atomic E-state index is 0.0486. The molecule has 0 aliphatic carbocycles. The van der Waals surface area contributed by atoms with Crippen LogP contribution >= 0.6 is 34.5 Å². The van der Waals surface area contributed by atoms with Crippen LogP contribution < -0.4 is 5.32 Å². The Hall–Kier alpha value is -3.33. The van der Waals surface area contributed by atoms with E-state index in [0.29, 0.717) is 26.7 Å². The first-order valence-electron chi connectivity index (χ1n) is 9.10. The molecule has 3 aromatic carbocycles. The molecule has 1 heterocycles. The van der Waals surface area contributed by atoms with Crippen LogP contribution in [0.25, 0.3) is 21.7 Å². The van der Waals surface area contributed by atoms with Crippen molar-refractivity contribution in [3.05, 3.63) is 98.3 Å². The van der Waals surface area contributed by atoms with E-state index >= 15 is 0 Å². The first-order valence-corrected chi connectivity index (χ1v) is 10.7. The summed E-state index contributed by atoms with van der Waals surface area (Å²) < 4.78 is 13.4. The zero-order valence-corrected chi connectivity index (χ0v) is 18.3. The monoisotopic (exact) mass is 487 g/mol. The molecule has 0 bridgehead atoms. The molecule has 0 fully saturated rings. The summed E-state index contributed by atoms with van der Waals surface area (Å²) in [6.45, 7) is 0. The lowest BCUT2D eigenvalue weighted by Crippen LogP contribution is -2.12. The van der Waals surface area contributed by atoms with E-state index in [1.807, 2.05) is 0 Å². The number of hydrogen-bond donors (Lipinski definition) is 1. The highest BCUT2D eigenvalue weighted by Gasteiger charge is 2.19.